The molecule has 0 fully saturated rings. The van der Waals surface area contributed by atoms with E-state index in [2.05, 4.69) is 32.7 Å². The standard InChI is InChI=1S/C50H58FN7O6/c1-30(52-6)45(61)56-44(49(2,3)4)47(63)58-27-35-24-37(20-17-34(35)25-42(58)46(62)55-40-13-9-11-33-10-7-8-12-38(33)40)54-43(60)26-53-48(64)50(5)28-57(29-59)41-23-32(16-21-39(41)50)22-31-14-18-36(51)19-15-31/h7-8,10,12,14-21,23-24,29-30,40,42,44,52H,9,11,13,22,25-28H2,1-6H3,(H,53,64)(H,54,60)(H,55,62)(H,56,61)/t30-,40+,42?,44?,50+/m0/s1. The van der Waals surface area contributed by atoms with Crippen LogP contribution in [0, 0.1) is 11.2 Å². The van der Waals surface area contributed by atoms with Crippen LogP contribution in [0.4, 0.5) is 15.8 Å². The number of carbonyl (C=O) groups is 6. The van der Waals surface area contributed by atoms with Crippen molar-refractivity contribution in [3.63, 3.8) is 0 Å². The maximum Gasteiger partial charge on any atom is 0.246 e. The van der Waals surface area contributed by atoms with Gasteiger partial charge in [0.05, 0.1) is 24.0 Å². The summed E-state index contributed by atoms with van der Waals surface area (Å²) in [5, 5.41) is 14.8. The summed E-state index contributed by atoms with van der Waals surface area (Å²) in [6.07, 6.45) is 4.05. The lowest BCUT2D eigenvalue weighted by molar-refractivity contribution is -0.147. The van der Waals surface area contributed by atoms with Gasteiger partial charge in [0.2, 0.25) is 35.9 Å². The predicted molar refractivity (Wildman–Crippen MR) is 243 cm³/mol. The number of carbonyl (C=O) groups excluding carboxylic acids is 6. The molecule has 1 aliphatic carbocycles. The number of likely N-dealkylation sites (N-methyl/N-ethyl adjacent to an activating group) is 1. The summed E-state index contributed by atoms with van der Waals surface area (Å²) < 4.78 is 13.5. The van der Waals surface area contributed by atoms with E-state index < -0.39 is 46.7 Å². The van der Waals surface area contributed by atoms with Gasteiger partial charge >= 0.3 is 0 Å². The van der Waals surface area contributed by atoms with Crippen molar-refractivity contribution < 1.29 is 33.2 Å². The first-order chi connectivity index (χ1) is 30.5. The highest BCUT2D eigenvalue weighted by molar-refractivity contribution is 6.00. The molecule has 0 radical (unpaired) electrons. The van der Waals surface area contributed by atoms with Crippen LogP contribution in [-0.4, -0.2) is 79.1 Å². The maximum atomic E-state index is 14.7. The van der Waals surface area contributed by atoms with Crippen LogP contribution >= 0.6 is 0 Å². The number of anilines is 2. The Hall–Kier alpha value is -6.41. The lowest BCUT2D eigenvalue weighted by Crippen LogP contribution is -2.62. The van der Waals surface area contributed by atoms with Gasteiger partial charge in [-0.15, -0.1) is 0 Å². The fourth-order valence-corrected chi connectivity index (χ4v) is 9.10. The molecular weight excluding hydrogens is 814 g/mol. The Kier molecular flexibility index (Phi) is 13.4. The summed E-state index contributed by atoms with van der Waals surface area (Å²) in [6, 6.07) is 22.6. The topological polar surface area (TPSA) is 169 Å². The molecule has 2 heterocycles. The molecule has 6 amide bonds. The van der Waals surface area contributed by atoms with Gasteiger partial charge < -0.3 is 36.4 Å². The van der Waals surface area contributed by atoms with Crippen LogP contribution in [-0.2, 0) is 60.0 Å². The zero-order chi connectivity index (χ0) is 45.9. The number of aryl methyl sites for hydroxylation is 1. The molecule has 64 heavy (non-hydrogen) atoms. The SMILES string of the molecule is CN[C@@H](C)C(=O)NC(C(=O)N1Cc2cc(NC(=O)CNC(=O)[C@]3(C)CN(C=O)c4cc(Cc5ccc(F)cc5)ccc43)ccc2CC1C(=O)N[C@@H]1CCCc2ccccc21)C(C)(C)C. The van der Waals surface area contributed by atoms with Gasteiger partial charge in [-0.05, 0) is 121 Å². The first-order valence-electron chi connectivity index (χ1n) is 21.9. The van der Waals surface area contributed by atoms with Crippen molar-refractivity contribution in [2.24, 2.45) is 5.41 Å². The van der Waals surface area contributed by atoms with Gasteiger partial charge in [-0.3, -0.25) is 28.8 Å². The maximum absolute atomic E-state index is 14.7. The molecule has 2 unspecified atom stereocenters. The minimum Gasteiger partial charge on any atom is -0.347 e. The summed E-state index contributed by atoms with van der Waals surface area (Å²) >= 11 is 0. The van der Waals surface area contributed by atoms with Crippen LogP contribution in [0.5, 0.6) is 0 Å². The average Bonchev–Trinajstić information content (AvgIpc) is 3.58. The molecule has 14 heteroatoms. The summed E-state index contributed by atoms with van der Waals surface area (Å²) in [5.74, 6) is -2.25. The van der Waals surface area contributed by atoms with Gasteiger partial charge in [-0.1, -0.05) is 75.4 Å². The minimum absolute atomic E-state index is 0.0502. The van der Waals surface area contributed by atoms with Crippen molar-refractivity contribution in [2.75, 3.05) is 30.4 Å². The third-order valence-corrected chi connectivity index (χ3v) is 12.9. The average molecular weight is 872 g/mol. The first kappa shape index (κ1) is 45.6. The van der Waals surface area contributed by atoms with Crippen molar-refractivity contribution in [3.8, 4) is 0 Å². The highest BCUT2D eigenvalue weighted by Crippen LogP contribution is 2.41. The fourth-order valence-electron chi connectivity index (χ4n) is 9.10. The van der Waals surface area contributed by atoms with Gasteiger partial charge in [0.25, 0.3) is 0 Å². The Bertz CT molecular complexity index is 2450. The van der Waals surface area contributed by atoms with Crippen LogP contribution in [0.3, 0.4) is 0 Å². The van der Waals surface area contributed by atoms with Crippen LogP contribution in [0.1, 0.15) is 92.4 Å². The highest BCUT2D eigenvalue weighted by atomic mass is 19.1. The fraction of sp³-hybridized carbons (Fsp3) is 0.400. The van der Waals surface area contributed by atoms with Gasteiger partial charge in [0, 0.05) is 30.9 Å². The van der Waals surface area contributed by atoms with E-state index in [-0.39, 0.29) is 49.7 Å². The molecule has 5 atom stereocenters. The molecule has 4 aromatic rings. The van der Waals surface area contributed by atoms with E-state index in [9.17, 15) is 33.2 Å². The Morgan fingerprint density at radius 2 is 1.66 bits per heavy atom. The number of hydrogen-bond acceptors (Lipinski definition) is 7. The van der Waals surface area contributed by atoms with Crippen LogP contribution < -0.4 is 31.5 Å². The summed E-state index contributed by atoms with van der Waals surface area (Å²) in [6.45, 7) is 8.84. The van der Waals surface area contributed by atoms with Crippen molar-refractivity contribution in [2.45, 2.75) is 103 Å². The van der Waals surface area contributed by atoms with Crippen molar-refractivity contribution in [1.82, 2.24) is 26.2 Å². The van der Waals surface area contributed by atoms with E-state index in [0.717, 1.165) is 47.1 Å². The Morgan fingerprint density at radius 3 is 2.38 bits per heavy atom. The Balaban J connectivity index is 1.06. The summed E-state index contributed by atoms with van der Waals surface area (Å²) in [4.78, 5) is 84.7. The van der Waals surface area contributed by atoms with Gasteiger partial charge in [0.1, 0.15) is 17.9 Å². The molecule has 0 saturated carbocycles. The normalized spacial score (nSPS) is 19.9. The second-order valence-corrected chi connectivity index (χ2v) is 18.6. The van der Waals surface area contributed by atoms with Crippen LogP contribution in [0.15, 0.2) is 84.9 Å². The molecule has 0 spiro atoms. The van der Waals surface area contributed by atoms with E-state index >= 15 is 0 Å². The molecule has 13 nitrogen and oxygen atoms in total. The first-order valence-corrected chi connectivity index (χ1v) is 21.9. The van der Waals surface area contributed by atoms with Crippen LogP contribution in [0.2, 0.25) is 0 Å². The molecule has 4 aromatic carbocycles. The molecule has 336 valence electrons. The number of rotatable bonds is 13. The molecular formula is C50H58FN7O6. The van der Waals surface area contributed by atoms with E-state index in [1.807, 2.05) is 63.2 Å². The Morgan fingerprint density at radius 1 is 0.922 bits per heavy atom. The second kappa shape index (κ2) is 18.7. The number of benzene rings is 4. The van der Waals surface area contributed by atoms with E-state index in [1.165, 1.54) is 22.6 Å². The van der Waals surface area contributed by atoms with Crippen molar-refractivity contribution >= 4 is 47.3 Å². The van der Waals surface area contributed by atoms with Gasteiger partial charge in [-0.2, -0.15) is 0 Å². The number of nitrogens with one attached hydrogen (secondary N) is 5. The van der Waals surface area contributed by atoms with Gasteiger partial charge in [0.15, 0.2) is 0 Å². The number of hydrogen-bond donors (Lipinski definition) is 5. The number of fused-ring (bicyclic) bond motifs is 3. The second-order valence-electron chi connectivity index (χ2n) is 18.6. The number of halogens is 1. The molecule has 0 bridgehead atoms. The van der Waals surface area contributed by atoms with E-state index in [0.29, 0.717) is 29.8 Å². The smallest absolute Gasteiger partial charge is 0.246 e. The molecule has 0 saturated heterocycles. The molecule has 0 aromatic heterocycles. The third-order valence-electron chi connectivity index (χ3n) is 12.9. The van der Waals surface area contributed by atoms with Crippen molar-refractivity contribution in [1.29, 1.82) is 0 Å². The largest absolute Gasteiger partial charge is 0.347 e. The van der Waals surface area contributed by atoms with Crippen LogP contribution in [0.25, 0.3) is 0 Å². The third kappa shape index (κ3) is 9.71. The molecule has 2 aliphatic heterocycles. The monoisotopic (exact) mass is 871 g/mol. The Labute approximate surface area is 373 Å². The summed E-state index contributed by atoms with van der Waals surface area (Å²) in [7, 11) is 1.67. The quantitative estimate of drug-likeness (QED) is 0.118. The molecule has 5 N–H and O–H groups in total. The lowest BCUT2D eigenvalue weighted by atomic mass is 9.83. The molecule has 3 aliphatic rings. The van der Waals surface area contributed by atoms with Crippen molar-refractivity contribution in [3.05, 3.63) is 130 Å². The summed E-state index contributed by atoms with van der Waals surface area (Å²) in [5.41, 5.74) is 5.48. The number of nitrogens with zero attached hydrogens (tertiary/aromatic N) is 2. The predicted octanol–water partition coefficient (Wildman–Crippen LogP) is 4.99. The number of amides is 6. The van der Waals surface area contributed by atoms with Gasteiger partial charge in [-0.25, -0.2) is 4.39 Å². The minimum atomic E-state index is -1.13. The zero-order valence-corrected chi connectivity index (χ0v) is 37.3. The highest BCUT2D eigenvalue weighted by Gasteiger charge is 2.46. The zero-order valence-electron chi connectivity index (χ0n) is 37.3. The molecule has 7 rings (SSSR count). The van der Waals surface area contributed by atoms with E-state index in [1.54, 1.807) is 50.1 Å². The van der Waals surface area contributed by atoms with E-state index in [4.69, 9.17) is 0 Å². The lowest BCUT2D eigenvalue weighted by Gasteiger charge is -2.42.